The Hall–Kier alpha value is -2.96. The summed E-state index contributed by atoms with van der Waals surface area (Å²) in [5.74, 6) is 0.128. The summed E-state index contributed by atoms with van der Waals surface area (Å²) in [6, 6.07) is 10.6. The molecule has 2 aliphatic heterocycles. The molecule has 0 aliphatic carbocycles. The number of anilines is 1. The molecule has 0 radical (unpaired) electrons. The molecule has 0 bridgehead atoms. The Labute approximate surface area is 195 Å². The molecule has 162 valence electrons. The van der Waals surface area contributed by atoms with Gasteiger partial charge in [0.1, 0.15) is 5.69 Å². The van der Waals surface area contributed by atoms with Crippen LogP contribution in [0.15, 0.2) is 55.0 Å². The number of carbonyl (C=O) groups is 2. The summed E-state index contributed by atoms with van der Waals surface area (Å²) in [7, 11) is 0. The van der Waals surface area contributed by atoms with Crippen molar-refractivity contribution in [1.82, 2.24) is 14.9 Å². The van der Waals surface area contributed by atoms with Crippen LogP contribution in [-0.4, -0.2) is 39.8 Å². The van der Waals surface area contributed by atoms with Crippen molar-refractivity contribution < 1.29 is 9.59 Å². The summed E-state index contributed by atoms with van der Waals surface area (Å²) >= 11 is 12.2. The van der Waals surface area contributed by atoms with Gasteiger partial charge in [-0.1, -0.05) is 23.2 Å². The number of amides is 2. The number of nitrogens with zero attached hydrogens (tertiary/aromatic N) is 4. The highest BCUT2D eigenvalue weighted by Crippen LogP contribution is 2.38. The lowest BCUT2D eigenvalue weighted by Crippen LogP contribution is -2.51. The molecule has 1 fully saturated rings. The van der Waals surface area contributed by atoms with E-state index in [4.69, 9.17) is 23.2 Å². The van der Waals surface area contributed by atoms with E-state index in [9.17, 15) is 9.59 Å². The quantitative estimate of drug-likeness (QED) is 0.552. The van der Waals surface area contributed by atoms with Crippen LogP contribution >= 0.6 is 23.2 Å². The Morgan fingerprint density at radius 1 is 1.16 bits per heavy atom. The minimum absolute atomic E-state index is 0.0456. The Morgan fingerprint density at radius 2 is 1.97 bits per heavy atom. The van der Waals surface area contributed by atoms with Crippen molar-refractivity contribution in [3.05, 3.63) is 87.4 Å². The molecule has 1 atom stereocenters. The van der Waals surface area contributed by atoms with Gasteiger partial charge in [-0.25, -0.2) is 4.98 Å². The van der Waals surface area contributed by atoms with Gasteiger partial charge in [-0.3, -0.25) is 19.5 Å². The third-order valence-corrected chi connectivity index (χ3v) is 6.63. The van der Waals surface area contributed by atoms with Gasteiger partial charge >= 0.3 is 0 Å². The third kappa shape index (κ3) is 3.63. The largest absolute Gasteiger partial charge is 0.337 e. The minimum atomic E-state index is -0.147. The number of rotatable bonds is 4. The van der Waals surface area contributed by atoms with E-state index < -0.39 is 0 Å². The van der Waals surface area contributed by atoms with Gasteiger partial charge in [0.25, 0.3) is 11.8 Å². The zero-order valence-corrected chi connectivity index (χ0v) is 18.8. The topological polar surface area (TPSA) is 66.4 Å². The highest BCUT2D eigenvalue weighted by molar-refractivity contribution is 6.33. The van der Waals surface area contributed by atoms with Gasteiger partial charge in [0.15, 0.2) is 0 Å². The number of aromatic nitrogens is 2. The van der Waals surface area contributed by atoms with Crippen LogP contribution in [0.2, 0.25) is 10.0 Å². The van der Waals surface area contributed by atoms with Crippen LogP contribution in [0.3, 0.4) is 0 Å². The number of benzene rings is 1. The molecule has 2 aromatic heterocycles. The number of likely N-dealkylation sites (tertiary alicyclic amines) is 1. The predicted molar refractivity (Wildman–Crippen MR) is 123 cm³/mol. The summed E-state index contributed by atoms with van der Waals surface area (Å²) in [5, 5.41) is 0.984. The van der Waals surface area contributed by atoms with E-state index >= 15 is 0 Å². The van der Waals surface area contributed by atoms with Crippen LogP contribution < -0.4 is 4.90 Å². The number of fused-ring (bicyclic) bond motifs is 1. The molecule has 1 aromatic carbocycles. The highest BCUT2D eigenvalue weighted by atomic mass is 35.5. The average molecular weight is 467 g/mol. The Kier molecular flexibility index (Phi) is 5.35. The van der Waals surface area contributed by atoms with Crippen LogP contribution in [0, 0.1) is 5.92 Å². The molecule has 0 spiro atoms. The van der Waals surface area contributed by atoms with Gasteiger partial charge in [0.2, 0.25) is 0 Å². The molecule has 2 aliphatic rings. The number of carbonyl (C=O) groups excluding carboxylic acids is 2. The fourth-order valence-electron chi connectivity index (χ4n) is 4.47. The predicted octanol–water partition coefficient (Wildman–Crippen LogP) is 4.82. The second-order valence-electron chi connectivity index (χ2n) is 8.25. The maximum absolute atomic E-state index is 13.0. The van der Waals surface area contributed by atoms with E-state index in [1.807, 2.05) is 25.3 Å². The van der Waals surface area contributed by atoms with Gasteiger partial charge in [-0.15, -0.1) is 0 Å². The van der Waals surface area contributed by atoms with E-state index in [2.05, 4.69) is 9.97 Å². The van der Waals surface area contributed by atoms with E-state index in [-0.39, 0.29) is 23.6 Å². The van der Waals surface area contributed by atoms with Crippen molar-refractivity contribution in [3.63, 3.8) is 0 Å². The molecule has 2 amide bonds. The molecule has 3 aromatic rings. The fraction of sp³-hybridized carbons (Fsp3) is 0.250. The maximum atomic E-state index is 13.0. The fourth-order valence-corrected chi connectivity index (χ4v) is 4.85. The molecular weight excluding hydrogens is 447 g/mol. The lowest BCUT2D eigenvalue weighted by molar-refractivity contribution is 0.0495. The Morgan fingerprint density at radius 3 is 2.75 bits per heavy atom. The summed E-state index contributed by atoms with van der Waals surface area (Å²) in [5.41, 5.74) is 3.68. The first-order valence-electron chi connectivity index (χ1n) is 10.4. The van der Waals surface area contributed by atoms with Crippen molar-refractivity contribution in [3.8, 4) is 0 Å². The molecule has 4 heterocycles. The van der Waals surface area contributed by atoms with Crippen molar-refractivity contribution >= 4 is 40.7 Å². The minimum Gasteiger partial charge on any atom is -0.337 e. The number of halogens is 2. The standard InChI is InChI=1S/C24H20Cl2N4O2/c1-14-20-9-17(25)4-5-19(20)23(31)30(14)18-8-15(10-27-11-18)7-16-12-29(13-16)24(32)22-21(26)3-2-6-28-22/h2-6,8-11,14,16H,7,12-13H2,1H3/t14-/m0/s1. The highest BCUT2D eigenvalue weighted by Gasteiger charge is 2.36. The maximum Gasteiger partial charge on any atom is 0.274 e. The van der Waals surface area contributed by atoms with Crippen LogP contribution in [0.5, 0.6) is 0 Å². The molecule has 5 rings (SSSR count). The molecule has 6 nitrogen and oxygen atoms in total. The zero-order valence-electron chi connectivity index (χ0n) is 17.3. The van der Waals surface area contributed by atoms with Gasteiger partial charge in [-0.2, -0.15) is 0 Å². The van der Waals surface area contributed by atoms with E-state index in [0.29, 0.717) is 34.6 Å². The molecule has 0 saturated carbocycles. The lowest BCUT2D eigenvalue weighted by atomic mass is 9.92. The van der Waals surface area contributed by atoms with E-state index in [1.165, 1.54) is 0 Å². The van der Waals surface area contributed by atoms with E-state index in [1.54, 1.807) is 46.5 Å². The van der Waals surface area contributed by atoms with Gasteiger partial charge in [-0.05, 0) is 66.8 Å². The molecule has 0 N–H and O–H groups in total. The van der Waals surface area contributed by atoms with Crippen molar-refractivity contribution in [2.24, 2.45) is 5.92 Å². The van der Waals surface area contributed by atoms with Gasteiger partial charge < -0.3 is 4.90 Å². The molecule has 1 saturated heterocycles. The Bertz CT molecular complexity index is 1230. The first-order chi connectivity index (χ1) is 15.4. The molecule has 8 heteroatoms. The SMILES string of the molecule is C[C@H]1c2cc(Cl)ccc2C(=O)N1c1cncc(CC2CN(C(=O)c3ncccc3Cl)C2)c1. The number of hydrogen-bond donors (Lipinski definition) is 0. The van der Waals surface area contributed by atoms with Crippen molar-refractivity contribution in [1.29, 1.82) is 0 Å². The number of pyridine rings is 2. The third-order valence-electron chi connectivity index (χ3n) is 6.09. The van der Waals surface area contributed by atoms with Gasteiger partial charge in [0, 0.05) is 36.1 Å². The van der Waals surface area contributed by atoms with Crippen molar-refractivity contribution in [2.75, 3.05) is 18.0 Å². The summed E-state index contributed by atoms with van der Waals surface area (Å²) in [4.78, 5) is 37.6. The zero-order chi connectivity index (χ0) is 22.4. The first kappa shape index (κ1) is 20.9. The smallest absolute Gasteiger partial charge is 0.274 e. The normalized spacial score (nSPS) is 18.0. The lowest BCUT2D eigenvalue weighted by Gasteiger charge is -2.39. The molecule has 32 heavy (non-hydrogen) atoms. The monoisotopic (exact) mass is 466 g/mol. The Balaban J connectivity index is 1.27. The summed E-state index contributed by atoms with van der Waals surface area (Å²) in [6.07, 6.45) is 5.88. The molecule has 0 unspecified atom stereocenters. The summed E-state index contributed by atoms with van der Waals surface area (Å²) < 4.78 is 0. The van der Waals surface area contributed by atoms with Crippen LogP contribution in [0.4, 0.5) is 5.69 Å². The van der Waals surface area contributed by atoms with E-state index in [0.717, 1.165) is 23.2 Å². The first-order valence-corrected chi connectivity index (χ1v) is 11.1. The van der Waals surface area contributed by atoms with Crippen LogP contribution in [-0.2, 0) is 6.42 Å². The second-order valence-corrected chi connectivity index (χ2v) is 9.09. The molecular formula is C24H20Cl2N4O2. The average Bonchev–Trinajstić information content (AvgIpc) is 3.00. The van der Waals surface area contributed by atoms with Crippen molar-refractivity contribution in [2.45, 2.75) is 19.4 Å². The number of hydrogen-bond acceptors (Lipinski definition) is 4. The van der Waals surface area contributed by atoms with Crippen LogP contribution in [0.25, 0.3) is 0 Å². The second kappa shape index (κ2) is 8.19. The van der Waals surface area contributed by atoms with Crippen LogP contribution in [0.1, 0.15) is 44.9 Å². The summed E-state index contributed by atoms with van der Waals surface area (Å²) in [6.45, 7) is 3.27. The van der Waals surface area contributed by atoms with Gasteiger partial charge in [0.05, 0.1) is 22.9 Å².